The number of benzene rings is 1. The topological polar surface area (TPSA) is 12.0 Å². The Kier molecular flexibility index (Phi) is 5.45. The molecule has 0 bridgehead atoms. The molecule has 0 aliphatic heterocycles. The third-order valence-corrected chi connectivity index (χ3v) is 6.35. The van der Waals surface area contributed by atoms with E-state index in [-0.39, 0.29) is 6.04 Å². The fourth-order valence-electron chi connectivity index (χ4n) is 1.78. The predicted octanol–water partition coefficient (Wildman–Crippen LogP) is 5.73. The van der Waals surface area contributed by atoms with Gasteiger partial charge in [0.05, 0.1) is 9.83 Å². The monoisotopic (exact) mass is 451 g/mol. The molecule has 0 spiro atoms. The van der Waals surface area contributed by atoms with Gasteiger partial charge in [0.25, 0.3) is 0 Å². The molecule has 1 nitrogen and oxygen atoms in total. The Morgan fingerprint density at radius 3 is 2.56 bits per heavy atom. The van der Waals surface area contributed by atoms with E-state index < -0.39 is 0 Å². The largest absolute Gasteiger partial charge is 0.306 e. The zero-order valence-electron chi connectivity index (χ0n) is 9.71. The average molecular weight is 454 g/mol. The van der Waals surface area contributed by atoms with Crippen molar-refractivity contribution in [3.05, 3.63) is 53.5 Å². The first-order chi connectivity index (χ1) is 8.61. The van der Waals surface area contributed by atoms with Gasteiger partial charge in [0, 0.05) is 13.8 Å². The maximum absolute atomic E-state index is 3.56. The van der Waals surface area contributed by atoms with Crippen molar-refractivity contribution in [2.24, 2.45) is 0 Å². The summed E-state index contributed by atoms with van der Waals surface area (Å²) in [5.74, 6) is 0. The highest BCUT2D eigenvalue weighted by molar-refractivity contribution is 9.13. The number of hydrogen-bond donors (Lipinski definition) is 1. The van der Waals surface area contributed by atoms with Crippen molar-refractivity contribution in [2.75, 3.05) is 6.54 Å². The molecule has 0 aliphatic carbocycles. The van der Waals surface area contributed by atoms with Crippen LogP contribution >= 0.6 is 59.1 Å². The van der Waals surface area contributed by atoms with Crippen LogP contribution < -0.4 is 5.32 Å². The lowest BCUT2D eigenvalue weighted by atomic mass is 10.1. The molecule has 0 amide bonds. The summed E-state index contributed by atoms with van der Waals surface area (Å²) in [5, 5.41) is 3.53. The van der Waals surface area contributed by atoms with Crippen LogP contribution in [-0.4, -0.2) is 6.54 Å². The molecule has 0 saturated carbocycles. The van der Waals surface area contributed by atoms with Gasteiger partial charge in [-0.3, -0.25) is 0 Å². The number of halogens is 3. The predicted molar refractivity (Wildman–Crippen MR) is 89.4 cm³/mol. The smallest absolute Gasteiger partial charge is 0.0843 e. The minimum absolute atomic E-state index is 0.236. The molecule has 0 aliphatic rings. The van der Waals surface area contributed by atoms with E-state index in [1.165, 1.54) is 10.4 Å². The first-order valence-electron chi connectivity index (χ1n) is 5.55. The van der Waals surface area contributed by atoms with Crippen LogP contribution in [0.1, 0.15) is 23.4 Å². The second-order valence-corrected chi connectivity index (χ2v) is 7.99. The first-order valence-corrected chi connectivity index (χ1v) is 8.75. The van der Waals surface area contributed by atoms with E-state index in [1.54, 1.807) is 11.3 Å². The standard InChI is InChI=1S/C13H12Br3NS/c1-2-17-12(8-4-3-5-9(14)6-8)11-7-10(15)13(16)18-11/h3-7,12,17H,2H2,1H3. The minimum atomic E-state index is 0.236. The van der Waals surface area contributed by atoms with E-state index in [1.807, 2.05) is 6.07 Å². The van der Waals surface area contributed by atoms with Crippen LogP contribution in [0.4, 0.5) is 0 Å². The van der Waals surface area contributed by atoms with Crippen LogP contribution in [0.25, 0.3) is 0 Å². The fraction of sp³-hybridized carbons (Fsp3) is 0.231. The molecule has 0 fully saturated rings. The fourth-order valence-corrected chi connectivity index (χ4v) is 4.39. The lowest BCUT2D eigenvalue weighted by molar-refractivity contribution is 0.639. The number of rotatable bonds is 4. The molecule has 0 radical (unpaired) electrons. The van der Waals surface area contributed by atoms with Gasteiger partial charge in [-0.05, 0) is 62.2 Å². The molecule has 96 valence electrons. The number of nitrogens with one attached hydrogen (secondary N) is 1. The SMILES string of the molecule is CCNC(c1cccc(Br)c1)c1cc(Br)c(Br)s1. The third-order valence-electron chi connectivity index (χ3n) is 2.54. The highest BCUT2D eigenvalue weighted by Gasteiger charge is 2.17. The van der Waals surface area contributed by atoms with Crippen molar-refractivity contribution >= 4 is 59.1 Å². The van der Waals surface area contributed by atoms with Crippen LogP contribution in [-0.2, 0) is 0 Å². The lowest BCUT2D eigenvalue weighted by Crippen LogP contribution is -2.21. The second kappa shape index (κ2) is 6.66. The molecule has 1 unspecified atom stereocenters. The van der Waals surface area contributed by atoms with Gasteiger partial charge in [0.1, 0.15) is 0 Å². The normalized spacial score (nSPS) is 12.7. The van der Waals surface area contributed by atoms with Crippen molar-refractivity contribution < 1.29 is 0 Å². The van der Waals surface area contributed by atoms with Gasteiger partial charge >= 0.3 is 0 Å². The van der Waals surface area contributed by atoms with Gasteiger partial charge in [-0.2, -0.15) is 0 Å². The van der Waals surface area contributed by atoms with E-state index in [2.05, 4.69) is 84.3 Å². The van der Waals surface area contributed by atoms with Crippen LogP contribution in [0.2, 0.25) is 0 Å². The minimum Gasteiger partial charge on any atom is -0.306 e. The van der Waals surface area contributed by atoms with Gasteiger partial charge in [-0.25, -0.2) is 0 Å². The summed E-state index contributed by atoms with van der Waals surface area (Å²) in [6.07, 6.45) is 0. The highest BCUT2D eigenvalue weighted by Crippen LogP contribution is 2.37. The van der Waals surface area contributed by atoms with Crippen LogP contribution in [0.5, 0.6) is 0 Å². The van der Waals surface area contributed by atoms with Gasteiger partial charge < -0.3 is 5.32 Å². The molecule has 1 N–H and O–H groups in total. The summed E-state index contributed by atoms with van der Waals surface area (Å²) in [7, 11) is 0. The Bertz CT molecular complexity index is 519. The summed E-state index contributed by atoms with van der Waals surface area (Å²) >= 11 is 12.4. The summed E-state index contributed by atoms with van der Waals surface area (Å²) < 4.78 is 3.35. The lowest BCUT2D eigenvalue weighted by Gasteiger charge is -2.17. The molecule has 1 heterocycles. The summed E-state index contributed by atoms with van der Waals surface area (Å²) in [6, 6.07) is 10.8. The van der Waals surface area contributed by atoms with Crippen molar-refractivity contribution in [1.29, 1.82) is 0 Å². The summed E-state index contributed by atoms with van der Waals surface area (Å²) in [5.41, 5.74) is 1.27. The van der Waals surface area contributed by atoms with Gasteiger partial charge in [0.15, 0.2) is 0 Å². The molecule has 0 saturated heterocycles. The summed E-state index contributed by atoms with van der Waals surface area (Å²) in [6.45, 7) is 3.06. The van der Waals surface area contributed by atoms with Gasteiger partial charge in [-0.1, -0.05) is 35.0 Å². The van der Waals surface area contributed by atoms with E-state index >= 15 is 0 Å². The Hall–Kier alpha value is 0.320. The highest BCUT2D eigenvalue weighted by atomic mass is 79.9. The second-order valence-electron chi connectivity index (χ2n) is 3.82. The molecule has 2 rings (SSSR count). The molecular formula is C13H12Br3NS. The quantitative estimate of drug-likeness (QED) is 0.622. The van der Waals surface area contributed by atoms with Crippen LogP contribution in [0, 0.1) is 0 Å². The van der Waals surface area contributed by atoms with E-state index in [0.29, 0.717) is 0 Å². The van der Waals surface area contributed by atoms with E-state index in [0.717, 1.165) is 19.3 Å². The molecule has 18 heavy (non-hydrogen) atoms. The maximum atomic E-state index is 3.56. The van der Waals surface area contributed by atoms with Crippen molar-refractivity contribution in [3.63, 3.8) is 0 Å². The molecule has 1 aromatic carbocycles. The van der Waals surface area contributed by atoms with Crippen molar-refractivity contribution in [1.82, 2.24) is 5.32 Å². The van der Waals surface area contributed by atoms with E-state index in [9.17, 15) is 0 Å². The third kappa shape index (κ3) is 3.45. The first kappa shape index (κ1) is 14.7. The molecule has 5 heteroatoms. The number of hydrogen-bond acceptors (Lipinski definition) is 2. The summed E-state index contributed by atoms with van der Waals surface area (Å²) in [4.78, 5) is 1.30. The van der Waals surface area contributed by atoms with Crippen LogP contribution in [0.3, 0.4) is 0 Å². The van der Waals surface area contributed by atoms with Crippen molar-refractivity contribution in [3.8, 4) is 0 Å². The maximum Gasteiger partial charge on any atom is 0.0843 e. The Labute approximate surface area is 136 Å². The zero-order chi connectivity index (χ0) is 13.1. The van der Waals surface area contributed by atoms with Crippen molar-refractivity contribution in [2.45, 2.75) is 13.0 Å². The Morgan fingerprint density at radius 2 is 2.00 bits per heavy atom. The molecular weight excluding hydrogens is 442 g/mol. The van der Waals surface area contributed by atoms with Gasteiger partial charge in [-0.15, -0.1) is 11.3 Å². The van der Waals surface area contributed by atoms with Gasteiger partial charge in [0.2, 0.25) is 0 Å². The molecule has 1 aromatic heterocycles. The van der Waals surface area contributed by atoms with Crippen LogP contribution in [0.15, 0.2) is 43.1 Å². The Morgan fingerprint density at radius 1 is 1.22 bits per heavy atom. The Balaban J connectivity index is 2.39. The molecule has 2 aromatic rings. The van der Waals surface area contributed by atoms with E-state index in [4.69, 9.17) is 0 Å². The zero-order valence-corrected chi connectivity index (χ0v) is 15.3. The number of thiophene rings is 1. The molecule has 1 atom stereocenters. The average Bonchev–Trinajstić information content (AvgIpc) is 2.66.